The fourth-order valence-corrected chi connectivity index (χ4v) is 3.23. The highest BCUT2D eigenvalue weighted by atomic mass is 35.5. The van der Waals surface area contributed by atoms with Crippen molar-refractivity contribution in [2.75, 3.05) is 25.2 Å². The average Bonchev–Trinajstić information content (AvgIpc) is 2.77. The number of hydrogen-bond acceptors (Lipinski definition) is 4. The van der Waals surface area contributed by atoms with Crippen LogP contribution in [0.15, 0.2) is 0 Å². The molecule has 0 spiro atoms. The normalized spacial score (nSPS) is 32.2. The van der Waals surface area contributed by atoms with Crippen molar-refractivity contribution in [1.82, 2.24) is 15.5 Å². The highest BCUT2D eigenvalue weighted by Crippen LogP contribution is 2.16. The molecule has 4 nitrogen and oxygen atoms in total. The number of rotatable bonds is 2. The summed E-state index contributed by atoms with van der Waals surface area (Å²) in [6.07, 6.45) is 2.15. The van der Waals surface area contributed by atoms with E-state index in [2.05, 4.69) is 29.5 Å². The Labute approximate surface area is 126 Å². The molecule has 2 heterocycles. The van der Waals surface area contributed by atoms with Crippen molar-refractivity contribution in [2.45, 2.75) is 37.9 Å². The van der Waals surface area contributed by atoms with Gasteiger partial charge in [0.15, 0.2) is 0 Å². The minimum atomic E-state index is 0. The molecule has 108 valence electrons. The van der Waals surface area contributed by atoms with Crippen LogP contribution < -0.4 is 10.6 Å². The Morgan fingerprint density at radius 1 is 1.44 bits per heavy atom. The first-order chi connectivity index (χ1) is 7.66. The standard InChI is InChI=1S/C11H21N3OS.2ClH/c1-8-5-9(3-4-14(8)2)13-11(15)10-6-16-7-12-10;;/h8-10,12H,3-7H2,1-2H3,(H,13,15);2*1H. The number of carbonyl (C=O) groups is 1. The van der Waals surface area contributed by atoms with Gasteiger partial charge in [0.2, 0.25) is 5.91 Å². The van der Waals surface area contributed by atoms with Gasteiger partial charge in [-0.3, -0.25) is 10.1 Å². The average molecular weight is 316 g/mol. The fourth-order valence-electron chi connectivity index (χ4n) is 2.29. The molecule has 0 aromatic heterocycles. The lowest BCUT2D eigenvalue weighted by Gasteiger charge is -2.35. The number of piperidine rings is 1. The molecule has 3 atom stereocenters. The van der Waals surface area contributed by atoms with Crippen molar-refractivity contribution in [3.8, 4) is 0 Å². The first-order valence-corrected chi connectivity index (χ1v) is 7.14. The van der Waals surface area contributed by atoms with Gasteiger partial charge < -0.3 is 10.2 Å². The summed E-state index contributed by atoms with van der Waals surface area (Å²) in [4.78, 5) is 14.3. The van der Waals surface area contributed by atoms with E-state index in [0.29, 0.717) is 12.1 Å². The number of halogens is 2. The second-order valence-electron chi connectivity index (χ2n) is 4.83. The van der Waals surface area contributed by atoms with Gasteiger partial charge >= 0.3 is 0 Å². The molecule has 2 aliphatic rings. The number of nitrogens with zero attached hydrogens (tertiary/aromatic N) is 1. The van der Waals surface area contributed by atoms with E-state index in [0.717, 1.165) is 31.0 Å². The molecule has 2 aliphatic heterocycles. The molecule has 0 aliphatic carbocycles. The fraction of sp³-hybridized carbons (Fsp3) is 0.909. The van der Waals surface area contributed by atoms with E-state index in [4.69, 9.17) is 0 Å². The monoisotopic (exact) mass is 315 g/mol. The zero-order valence-corrected chi connectivity index (χ0v) is 13.3. The molecule has 0 aromatic carbocycles. The van der Waals surface area contributed by atoms with Crippen molar-refractivity contribution in [2.24, 2.45) is 0 Å². The van der Waals surface area contributed by atoms with E-state index in [1.54, 1.807) is 11.8 Å². The predicted molar refractivity (Wildman–Crippen MR) is 82.0 cm³/mol. The van der Waals surface area contributed by atoms with Crippen molar-refractivity contribution in [3.05, 3.63) is 0 Å². The molecule has 2 rings (SSSR count). The van der Waals surface area contributed by atoms with E-state index in [1.165, 1.54) is 0 Å². The van der Waals surface area contributed by atoms with Crippen LogP contribution in [0, 0.1) is 0 Å². The van der Waals surface area contributed by atoms with Gasteiger partial charge in [-0.25, -0.2) is 0 Å². The van der Waals surface area contributed by atoms with Crippen LogP contribution in [0.4, 0.5) is 0 Å². The van der Waals surface area contributed by atoms with Gasteiger partial charge in [0.1, 0.15) is 0 Å². The van der Waals surface area contributed by atoms with Gasteiger partial charge in [-0.15, -0.1) is 36.6 Å². The Hall–Kier alpha value is 0.320. The Kier molecular flexibility index (Phi) is 8.63. The number of hydrogen-bond donors (Lipinski definition) is 2. The lowest BCUT2D eigenvalue weighted by Crippen LogP contribution is -2.51. The predicted octanol–water partition coefficient (Wildman–Crippen LogP) is 1.09. The maximum atomic E-state index is 11.9. The quantitative estimate of drug-likeness (QED) is 0.800. The summed E-state index contributed by atoms with van der Waals surface area (Å²) in [5.41, 5.74) is 0. The summed E-state index contributed by atoms with van der Waals surface area (Å²) in [5.74, 6) is 2.00. The Bertz CT molecular complexity index is 265. The third-order valence-electron chi connectivity index (χ3n) is 3.59. The molecule has 2 saturated heterocycles. The summed E-state index contributed by atoms with van der Waals surface area (Å²) >= 11 is 1.79. The SMILES string of the molecule is CC1CC(NC(=O)C2CSCN2)CCN1C.Cl.Cl. The second kappa shape index (κ2) is 8.48. The molecule has 2 fully saturated rings. The van der Waals surface area contributed by atoms with Gasteiger partial charge in [0.05, 0.1) is 6.04 Å². The summed E-state index contributed by atoms with van der Waals surface area (Å²) in [6.45, 7) is 3.31. The number of nitrogens with one attached hydrogen (secondary N) is 2. The van der Waals surface area contributed by atoms with Gasteiger partial charge in [0.25, 0.3) is 0 Å². The van der Waals surface area contributed by atoms with Crippen LogP contribution in [0.2, 0.25) is 0 Å². The van der Waals surface area contributed by atoms with Gasteiger partial charge in [-0.2, -0.15) is 0 Å². The lowest BCUT2D eigenvalue weighted by atomic mass is 9.98. The maximum absolute atomic E-state index is 11.9. The molecule has 0 saturated carbocycles. The van der Waals surface area contributed by atoms with Crippen LogP contribution in [-0.2, 0) is 4.79 Å². The lowest BCUT2D eigenvalue weighted by molar-refractivity contribution is -0.123. The van der Waals surface area contributed by atoms with Crippen molar-refractivity contribution in [3.63, 3.8) is 0 Å². The van der Waals surface area contributed by atoms with Crippen LogP contribution in [-0.4, -0.2) is 54.2 Å². The highest BCUT2D eigenvalue weighted by Gasteiger charge is 2.28. The van der Waals surface area contributed by atoms with Crippen molar-refractivity contribution >= 4 is 42.5 Å². The van der Waals surface area contributed by atoms with Crippen LogP contribution in [0.3, 0.4) is 0 Å². The summed E-state index contributed by atoms with van der Waals surface area (Å²) in [6, 6.07) is 0.969. The first kappa shape index (κ1) is 18.3. The minimum absolute atomic E-state index is 0. The Morgan fingerprint density at radius 3 is 2.72 bits per heavy atom. The third-order valence-corrected chi connectivity index (χ3v) is 4.53. The minimum Gasteiger partial charge on any atom is -0.352 e. The maximum Gasteiger partial charge on any atom is 0.238 e. The van der Waals surface area contributed by atoms with Crippen LogP contribution in [0.25, 0.3) is 0 Å². The Balaban J connectivity index is 0.00000144. The van der Waals surface area contributed by atoms with Gasteiger partial charge in [0, 0.05) is 30.3 Å². The molecule has 18 heavy (non-hydrogen) atoms. The first-order valence-electron chi connectivity index (χ1n) is 5.98. The number of carbonyl (C=O) groups excluding carboxylic acids is 1. The molecule has 2 N–H and O–H groups in total. The molecule has 0 bridgehead atoms. The molecule has 0 aromatic rings. The van der Waals surface area contributed by atoms with Crippen LogP contribution in [0.5, 0.6) is 0 Å². The zero-order chi connectivity index (χ0) is 11.5. The second-order valence-corrected chi connectivity index (χ2v) is 5.86. The van der Waals surface area contributed by atoms with E-state index < -0.39 is 0 Å². The summed E-state index contributed by atoms with van der Waals surface area (Å²) in [5, 5.41) is 6.38. The number of likely N-dealkylation sites (tertiary alicyclic amines) is 1. The van der Waals surface area contributed by atoms with Gasteiger partial charge in [-0.1, -0.05) is 0 Å². The van der Waals surface area contributed by atoms with Crippen molar-refractivity contribution < 1.29 is 4.79 Å². The van der Waals surface area contributed by atoms with E-state index in [1.807, 2.05) is 0 Å². The van der Waals surface area contributed by atoms with Crippen LogP contribution >= 0.6 is 36.6 Å². The molecule has 3 unspecified atom stereocenters. The molecule has 7 heteroatoms. The smallest absolute Gasteiger partial charge is 0.238 e. The zero-order valence-electron chi connectivity index (χ0n) is 10.8. The van der Waals surface area contributed by atoms with E-state index >= 15 is 0 Å². The number of thioether (sulfide) groups is 1. The summed E-state index contributed by atoms with van der Waals surface area (Å²) < 4.78 is 0. The molecule has 0 radical (unpaired) electrons. The van der Waals surface area contributed by atoms with Gasteiger partial charge in [-0.05, 0) is 26.8 Å². The van der Waals surface area contributed by atoms with Crippen molar-refractivity contribution in [1.29, 1.82) is 0 Å². The molecular formula is C11H23Cl2N3OS. The Morgan fingerprint density at radius 2 is 2.17 bits per heavy atom. The molecule has 1 amide bonds. The highest BCUT2D eigenvalue weighted by molar-refractivity contribution is 7.99. The van der Waals surface area contributed by atoms with Crippen LogP contribution in [0.1, 0.15) is 19.8 Å². The molecular weight excluding hydrogens is 293 g/mol. The third kappa shape index (κ3) is 4.78. The number of amides is 1. The summed E-state index contributed by atoms with van der Waals surface area (Å²) in [7, 11) is 2.15. The van der Waals surface area contributed by atoms with E-state index in [-0.39, 0.29) is 36.8 Å². The largest absolute Gasteiger partial charge is 0.352 e. The van der Waals surface area contributed by atoms with E-state index in [9.17, 15) is 4.79 Å². The topological polar surface area (TPSA) is 44.4 Å².